The van der Waals surface area contributed by atoms with Gasteiger partial charge in [-0.2, -0.15) is 24.4 Å². The highest BCUT2D eigenvalue weighted by atomic mass is 32.2. The number of ether oxygens (including phenoxy) is 4. The maximum absolute atomic E-state index is 11.6. The Hall–Kier alpha value is -3.06. The first-order chi connectivity index (χ1) is 22.2. The molecule has 0 saturated carbocycles. The minimum atomic E-state index is -0.426. The van der Waals surface area contributed by atoms with Crippen molar-refractivity contribution in [1.82, 2.24) is 0 Å². The standard InChI is InChI=1S/C17H22O4S2.C16H18O4S.CH4S/c1-13(22-3)12-17(19)23-11-10-21-16(18)9-6-14-4-7-15(20-2)8-5-14;1-3-4-16(18)21-12-11-20-15(17)10-7-13-5-8-14(19-2)9-6-13;1-2/h4-9,13H,10-12H2,1-3H3;3-10H,11-12H2,1-2H3;2H,1H3/b9-6+;4-3+,10-7+;. The van der Waals surface area contributed by atoms with E-state index in [-0.39, 0.29) is 23.4 Å². The van der Waals surface area contributed by atoms with Crippen LogP contribution in [-0.2, 0) is 28.7 Å². The molecule has 252 valence electrons. The number of carbonyl (C=O) groups excluding carboxylic acids is 4. The third-order valence-electron chi connectivity index (χ3n) is 5.38. The molecule has 0 aliphatic rings. The van der Waals surface area contributed by atoms with E-state index in [0.717, 1.165) is 34.4 Å². The molecule has 0 radical (unpaired) electrons. The Kier molecular flexibility index (Phi) is 26.3. The van der Waals surface area contributed by atoms with E-state index in [4.69, 9.17) is 18.9 Å². The Morgan fingerprint density at radius 2 is 1.17 bits per heavy atom. The first-order valence-electron chi connectivity index (χ1n) is 14.1. The summed E-state index contributed by atoms with van der Waals surface area (Å²) in [6.07, 6.45) is 13.5. The van der Waals surface area contributed by atoms with Crippen LogP contribution >= 0.6 is 47.9 Å². The monoisotopic (exact) mass is 708 g/mol. The molecule has 0 heterocycles. The van der Waals surface area contributed by atoms with Crippen LogP contribution in [0.15, 0.2) is 72.8 Å². The molecule has 0 amide bonds. The predicted molar refractivity (Wildman–Crippen MR) is 198 cm³/mol. The topological polar surface area (TPSA) is 105 Å². The lowest BCUT2D eigenvalue weighted by Crippen LogP contribution is -2.08. The molecular weight excluding hydrogens is 665 g/mol. The van der Waals surface area contributed by atoms with Gasteiger partial charge in [0, 0.05) is 35.3 Å². The Morgan fingerprint density at radius 1 is 0.739 bits per heavy atom. The van der Waals surface area contributed by atoms with Gasteiger partial charge < -0.3 is 18.9 Å². The molecule has 8 nitrogen and oxygen atoms in total. The lowest BCUT2D eigenvalue weighted by atomic mass is 10.2. The number of rotatable bonds is 16. The Bertz CT molecular complexity index is 1240. The average molecular weight is 709 g/mol. The summed E-state index contributed by atoms with van der Waals surface area (Å²) >= 11 is 7.53. The number of thioether (sulfide) groups is 3. The lowest BCUT2D eigenvalue weighted by molar-refractivity contribution is -0.137. The van der Waals surface area contributed by atoms with Crippen molar-refractivity contribution in [2.45, 2.75) is 25.5 Å². The number of methoxy groups -OCH3 is 2. The average Bonchev–Trinajstić information content (AvgIpc) is 3.08. The highest BCUT2D eigenvalue weighted by molar-refractivity contribution is 8.14. The van der Waals surface area contributed by atoms with Gasteiger partial charge in [0.2, 0.25) is 5.12 Å². The number of hydrogen-bond donors (Lipinski definition) is 1. The summed E-state index contributed by atoms with van der Waals surface area (Å²) < 4.78 is 20.2. The fourth-order valence-corrected chi connectivity index (χ4v) is 4.78. The van der Waals surface area contributed by atoms with Crippen molar-refractivity contribution in [2.24, 2.45) is 0 Å². The van der Waals surface area contributed by atoms with Crippen molar-refractivity contribution in [2.75, 3.05) is 51.5 Å². The van der Waals surface area contributed by atoms with Gasteiger partial charge in [-0.1, -0.05) is 60.8 Å². The number of carbonyl (C=O) groups is 4. The van der Waals surface area contributed by atoms with Crippen molar-refractivity contribution >= 4 is 82.2 Å². The third kappa shape index (κ3) is 22.4. The van der Waals surface area contributed by atoms with E-state index in [1.54, 1.807) is 57.4 Å². The summed E-state index contributed by atoms with van der Waals surface area (Å²) in [7, 11) is 3.20. The van der Waals surface area contributed by atoms with E-state index in [1.165, 1.54) is 30.0 Å². The number of thiol groups is 1. The van der Waals surface area contributed by atoms with E-state index in [9.17, 15) is 19.2 Å². The van der Waals surface area contributed by atoms with Crippen LogP contribution in [0.3, 0.4) is 0 Å². The summed E-state index contributed by atoms with van der Waals surface area (Å²) in [5.74, 6) is 1.63. The van der Waals surface area contributed by atoms with Gasteiger partial charge in [-0.25, -0.2) is 9.59 Å². The van der Waals surface area contributed by atoms with Crippen LogP contribution in [0.5, 0.6) is 11.5 Å². The van der Waals surface area contributed by atoms with Crippen molar-refractivity contribution in [3.8, 4) is 11.5 Å². The van der Waals surface area contributed by atoms with E-state index < -0.39 is 11.9 Å². The molecule has 0 fully saturated rings. The van der Waals surface area contributed by atoms with E-state index in [0.29, 0.717) is 23.2 Å². The van der Waals surface area contributed by atoms with Crippen LogP contribution in [0, 0.1) is 0 Å². The molecule has 12 heteroatoms. The molecule has 0 saturated heterocycles. The molecule has 0 aliphatic heterocycles. The van der Waals surface area contributed by atoms with Crippen LogP contribution < -0.4 is 9.47 Å². The van der Waals surface area contributed by atoms with Crippen LogP contribution in [0.4, 0.5) is 0 Å². The van der Waals surface area contributed by atoms with E-state index in [1.807, 2.05) is 61.7 Å². The fourth-order valence-electron chi connectivity index (χ4n) is 3.00. The zero-order valence-electron chi connectivity index (χ0n) is 27.1. The van der Waals surface area contributed by atoms with Gasteiger partial charge in [-0.05, 0) is 73.1 Å². The molecule has 0 aromatic heterocycles. The zero-order chi connectivity index (χ0) is 34.6. The zero-order valence-corrected chi connectivity index (χ0v) is 30.5. The second-order valence-corrected chi connectivity index (χ2v) is 12.2. The van der Waals surface area contributed by atoms with Crippen LogP contribution in [0.1, 0.15) is 31.4 Å². The molecule has 1 atom stereocenters. The maximum atomic E-state index is 11.6. The van der Waals surface area contributed by atoms with Crippen LogP contribution in [0.25, 0.3) is 12.2 Å². The minimum absolute atomic E-state index is 0.0395. The molecule has 0 aliphatic carbocycles. The predicted octanol–water partition coefficient (Wildman–Crippen LogP) is 7.29. The molecule has 1 unspecified atom stereocenters. The van der Waals surface area contributed by atoms with Gasteiger partial charge in [-0.3, -0.25) is 9.59 Å². The Labute approximate surface area is 291 Å². The van der Waals surface area contributed by atoms with Crippen molar-refractivity contribution in [3.63, 3.8) is 0 Å². The summed E-state index contributed by atoms with van der Waals surface area (Å²) in [5, 5.41) is 0.420. The summed E-state index contributed by atoms with van der Waals surface area (Å²) in [6.45, 7) is 4.24. The maximum Gasteiger partial charge on any atom is 0.330 e. The lowest BCUT2D eigenvalue weighted by Gasteiger charge is -2.06. The number of benzene rings is 2. The third-order valence-corrected chi connectivity index (χ3v) is 8.00. The Balaban J connectivity index is 0.000000838. The highest BCUT2D eigenvalue weighted by Gasteiger charge is 2.08. The highest BCUT2D eigenvalue weighted by Crippen LogP contribution is 2.16. The van der Waals surface area contributed by atoms with E-state index in [2.05, 4.69) is 12.6 Å². The SMILES string of the molecule is C/C=C/C(=O)SCCOC(=O)/C=C/c1ccc(OC)cc1.COc1ccc(/C=C/C(=O)OCCSC(=O)CC(C)SC)cc1.CS. The number of hydrogen-bond acceptors (Lipinski definition) is 12. The molecule has 46 heavy (non-hydrogen) atoms. The number of allylic oxidation sites excluding steroid dienone is 1. The largest absolute Gasteiger partial charge is 0.497 e. The molecular formula is C34H44O8S4. The van der Waals surface area contributed by atoms with Gasteiger partial charge in [0.15, 0.2) is 5.12 Å². The van der Waals surface area contributed by atoms with Gasteiger partial charge in [0.25, 0.3) is 0 Å². The summed E-state index contributed by atoms with van der Waals surface area (Å²) in [6, 6.07) is 14.7. The summed E-state index contributed by atoms with van der Waals surface area (Å²) in [4.78, 5) is 45.8. The molecule has 2 rings (SSSR count). The smallest absolute Gasteiger partial charge is 0.330 e. The van der Waals surface area contributed by atoms with Crippen molar-refractivity contribution in [1.29, 1.82) is 0 Å². The first-order valence-corrected chi connectivity index (χ1v) is 18.3. The molecule has 2 aromatic carbocycles. The van der Waals surface area contributed by atoms with Gasteiger partial charge in [0.1, 0.15) is 24.7 Å². The molecule has 0 N–H and O–H groups in total. The normalized spacial score (nSPS) is 11.2. The Morgan fingerprint density at radius 3 is 1.57 bits per heavy atom. The first kappa shape index (κ1) is 42.9. The van der Waals surface area contributed by atoms with Gasteiger partial charge >= 0.3 is 11.9 Å². The van der Waals surface area contributed by atoms with Crippen molar-refractivity contribution < 1.29 is 38.1 Å². The fraction of sp³-hybridized carbons (Fsp3) is 0.353. The second-order valence-electron chi connectivity index (χ2n) is 8.69. The van der Waals surface area contributed by atoms with Gasteiger partial charge in [0.05, 0.1) is 14.2 Å². The molecule has 2 aromatic rings. The molecule has 0 spiro atoms. The quantitative estimate of drug-likeness (QED) is 0.0823. The van der Waals surface area contributed by atoms with Gasteiger partial charge in [-0.15, -0.1) is 0 Å². The second kappa shape index (κ2) is 28.2. The summed E-state index contributed by atoms with van der Waals surface area (Å²) in [5.41, 5.74) is 1.77. The molecule has 0 bridgehead atoms. The number of esters is 2. The van der Waals surface area contributed by atoms with E-state index >= 15 is 0 Å². The minimum Gasteiger partial charge on any atom is -0.497 e. The van der Waals surface area contributed by atoms with Crippen molar-refractivity contribution in [3.05, 3.63) is 84.0 Å². The van der Waals surface area contributed by atoms with Crippen LogP contribution in [-0.4, -0.2) is 78.9 Å². The van der Waals surface area contributed by atoms with Crippen LogP contribution in [0.2, 0.25) is 0 Å².